The average Bonchev–Trinajstić information content (AvgIpc) is 2.37. The first-order valence-corrected chi connectivity index (χ1v) is 6.83. The van der Waals surface area contributed by atoms with Gasteiger partial charge in [-0.3, -0.25) is 0 Å². The molecular formula is C17H20O4. The summed E-state index contributed by atoms with van der Waals surface area (Å²) in [6.45, 7) is 3.99. The summed E-state index contributed by atoms with van der Waals surface area (Å²) in [5, 5.41) is 38.4. The van der Waals surface area contributed by atoms with E-state index >= 15 is 0 Å². The Hall–Kier alpha value is -2.36. The van der Waals surface area contributed by atoms with Crippen LogP contribution in [0.2, 0.25) is 0 Å². The summed E-state index contributed by atoms with van der Waals surface area (Å²) in [7, 11) is 0. The van der Waals surface area contributed by atoms with Crippen molar-refractivity contribution in [1.82, 2.24) is 0 Å². The zero-order valence-corrected chi connectivity index (χ0v) is 12.2. The Morgan fingerprint density at radius 1 is 0.810 bits per heavy atom. The number of rotatable bonds is 4. The molecule has 0 aromatic heterocycles. The number of phenols is 4. The second kappa shape index (κ2) is 5.56. The molecule has 4 N–H and O–H groups in total. The first-order chi connectivity index (χ1) is 9.79. The van der Waals surface area contributed by atoms with E-state index in [4.69, 9.17) is 0 Å². The third-order valence-electron chi connectivity index (χ3n) is 3.80. The molecule has 0 amide bonds. The predicted octanol–water partition coefficient (Wildman–Crippen LogP) is 3.42. The van der Waals surface area contributed by atoms with Crippen molar-refractivity contribution in [2.75, 3.05) is 0 Å². The largest absolute Gasteiger partial charge is 0.508 e. The molecule has 0 aliphatic carbocycles. The van der Waals surface area contributed by atoms with E-state index in [9.17, 15) is 20.4 Å². The maximum Gasteiger partial charge on any atom is 0.122 e. The Morgan fingerprint density at radius 3 is 1.95 bits per heavy atom. The molecule has 0 radical (unpaired) electrons. The molecule has 0 aliphatic heterocycles. The fraction of sp³-hybridized carbons (Fsp3) is 0.294. The average molecular weight is 288 g/mol. The van der Waals surface area contributed by atoms with Crippen LogP contribution in [0.4, 0.5) is 0 Å². The van der Waals surface area contributed by atoms with E-state index in [0.717, 1.165) is 11.1 Å². The smallest absolute Gasteiger partial charge is 0.122 e. The number of benzene rings is 2. The predicted molar refractivity (Wildman–Crippen MR) is 80.9 cm³/mol. The minimum absolute atomic E-state index is 0.0308. The normalized spacial score (nSPS) is 11.5. The molecule has 0 fully saturated rings. The molecule has 0 bridgehead atoms. The standard InChI is InChI=1S/C17H20O4/c1-17(2,14-6-5-13(19)10-16(14)21)8-7-11-3-4-12(18)9-15(11)20/h3-6,9-10,18-21H,7-8H2,1-2H3. The molecule has 4 nitrogen and oxygen atoms in total. The van der Waals surface area contributed by atoms with Gasteiger partial charge in [0.05, 0.1) is 0 Å². The maximum atomic E-state index is 9.97. The molecule has 4 heteroatoms. The SMILES string of the molecule is CC(C)(CCc1ccc(O)cc1O)c1ccc(O)cc1O. The number of phenolic OH excluding ortho intramolecular Hbond substituents is 4. The lowest BCUT2D eigenvalue weighted by Crippen LogP contribution is -2.18. The molecular weight excluding hydrogens is 268 g/mol. The molecule has 0 saturated heterocycles. The monoisotopic (exact) mass is 288 g/mol. The summed E-state index contributed by atoms with van der Waals surface area (Å²) in [4.78, 5) is 0. The minimum Gasteiger partial charge on any atom is -0.508 e. The number of aromatic hydroxyl groups is 4. The third kappa shape index (κ3) is 3.40. The Balaban J connectivity index is 2.17. The molecule has 2 rings (SSSR count). The highest BCUT2D eigenvalue weighted by molar-refractivity contribution is 5.44. The van der Waals surface area contributed by atoms with Gasteiger partial charge in [-0.25, -0.2) is 0 Å². The fourth-order valence-corrected chi connectivity index (χ4v) is 2.44. The summed E-state index contributed by atoms with van der Waals surface area (Å²) in [5.41, 5.74) is 1.18. The Kier molecular flexibility index (Phi) is 3.98. The molecule has 2 aromatic rings. The van der Waals surface area contributed by atoms with Crippen molar-refractivity contribution in [3.63, 3.8) is 0 Å². The van der Waals surface area contributed by atoms with Crippen LogP contribution >= 0.6 is 0 Å². The fourth-order valence-electron chi connectivity index (χ4n) is 2.44. The number of hydrogen-bond acceptors (Lipinski definition) is 4. The highest BCUT2D eigenvalue weighted by Crippen LogP contribution is 2.37. The summed E-state index contributed by atoms with van der Waals surface area (Å²) in [6, 6.07) is 9.14. The van der Waals surface area contributed by atoms with E-state index in [1.54, 1.807) is 24.3 Å². The van der Waals surface area contributed by atoms with E-state index in [0.29, 0.717) is 12.8 Å². The van der Waals surface area contributed by atoms with Crippen LogP contribution in [-0.2, 0) is 11.8 Å². The first kappa shape index (κ1) is 15.0. The van der Waals surface area contributed by atoms with Crippen molar-refractivity contribution < 1.29 is 20.4 Å². The lowest BCUT2D eigenvalue weighted by atomic mass is 9.79. The van der Waals surface area contributed by atoms with Gasteiger partial charge in [-0.05, 0) is 41.5 Å². The second-order valence-corrected chi connectivity index (χ2v) is 5.90. The molecule has 0 aliphatic rings. The zero-order chi connectivity index (χ0) is 15.6. The van der Waals surface area contributed by atoms with Gasteiger partial charge in [0.25, 0.3) is 0 Å². The van der Waals surface area contributed by atoms with E-state index in [1.807, 2.05) is 13.8 Å². The Bertz CT molecular complexity index is 647. The van der Waals surface area contributed by atoms with Crippen molar-refractivity contribution >= 4 is 0 Å². The molecule has 21 heavy (non-hydrogen) atoms. The van der Waals surface area contributed by atoms with Crippen molar-refractivity contribution in [3.05, 3.63) is 47.5 Å². The second-order valence-electron chi connectivity index (χ2n) is 5.90. The van der Waals surface area contributed by atoms with Crippen LogP contribution < -0.4 is 0 Å². The van der Waals surface area contributed by atoms with Crippen LogP contribution in [0.1, 0.15) is 31.4 Å². The van der Waals surface area contributed by atoms with Gasteiger partial charge in [0.15, 0.2) is 0 Å². The van der Waals surface area contributed by atoms with Crippen LogP contribution in [0.15, 0.2) is 36.4 Å². The van der Waals surface area contributed by atoms with Crippen molar-refractivity contribution in [3.8, 4) is 23.0 Å². The maximum absolute atomic E-state index is 9.97. The van der Waals surface area contributed by atoms with Gasteiger partial charge < -0.3 is 20.4 Å². The van der Waals surface area contributed by atoms with Gasteiger partial charge in [-0.1, -0.05) is 26.0 Å². The van der Waals surface area contributed by atoms with Crippen molar-refractivity contribution in [2.45, 2.75) is 32.1 Å². The zero-order valence-electron chi connectivity index (χ0n) is 12.2. The quantitative estimate of drug-likeness (QED) is 0.695. The molecule has 0 unspecified atom stereocenters. The summed E-state index contributed by atoms with van der Waals surface area (Å²) in [5.74, 6) is 0.200. The highest BCUT2D eigenvalue weighted by atomic mass is 16.3. The van der Waals surface area contributed by atoms with Crippen LogP contribution in [0.25, 0.3) is 0 Å². The minimum atomic E-state index is -0.317. The molecule has 0 saturated carbocycles. The van der Waals surface area contributed by atoms with Crippen LogP contribution in [-0.4, -0.2) is 20.4 Å². The van der Waals surface area contributed by atoms with Crippen LogP contribution in [0.5, 0.6) is 23.0 Å². The lowest BCUT2D eigenvalue weighted by molar-refractivity contribution is 0.408. The molecule has 112 valence electrons. The summed E-state index contributed by atoms with van der Waals surface area (Å²) >= 11 is 0. The highest BCUT2D eigenvalue weighted by Gasteiger charge is 2.24. The lowest BCUT2D eigenvalue weighted by Gasteiger charge is -2.26. The van der Waals surface area contributed by atoms with Gasteiger partial charge >= 0.3 is 0 Å². The molecule has 0 atom stereocenters. The van der Waals surface area contributed by atoms with Crippen LogP contribution in [0, 0.1) is 0 Å². The van der Waals surface area contributed by atoms with Crippen LogP contribution in [0.3, 0.4) is 0 Å². The Labute approximate surface area is 123 Å². The van der Waals surface area contributed by atoms with Gasteiger partial charge in [0.2, 0.25) is 0 Å². The summed E-state index contributed by atoms with van der Waals surface area (Å²) < 4.78 is 0. The van der Waals surface area contributed by atoms with Gasteiger partial charge in [-0.2, -0.15) is 0 Å². The summed E-state index contributed by atoms with van der Waals surface area (Å²) in [6.07, 6.45) is 1.31. The molecule has 0 heterocycles. The van der Waals surface area contributed by atoms with E-state index in [-0.39, 0.29) is 28.4 Å². The van der Waals surface area contributed by atoms with Gasteiger partial charge in [0.1, 0.15) is 23.0 Å². The molecule has 2 aromatic carbocycles. The van der Waals surface area contributed by atoms with E-state index < -0.39 is 0 Å². The van der Waals surface area contributed by atoms with E-state index in [1.165, 1.54) is 12.1 Å². The first-order valence-electron chi connectivity index (χ1n) is 6.83. The van der Waals surface area contributed by atoms with Gasteiger partial charge in [0, 0.05) is 12.1 Å². The molecule has 0 spiro atoms. The topological polar surface area (TPSA) is 80.9 Å². The van der Waals surface area contributed by atoms with Crippen molar-refractivity contribution in [2.24, 2.45) is 0 Å². The Morgan fingerprint density at radius 2 is 1.38 bits per heavy atom. The third-order valence-corrected chi connectivity index (χ3v) is 3.80. The van der Waals surface area contributed by atoms with Gasteiger partial charge in [-0.15, -0.1) is 0 Å². The van der Waals surface area contributed by atoms with Crippen molar-refractivity contribution in [1.29, 1.82) is 0 Å². The number of hydrogen-bond donors (Lipinski definition) is 4. The number of aryl methyl sites for hydroxylation is 1. The van der Waals surface area contributed by atoms with E-state index in [2.05, 4.69) is 0 Å².